The van der Waals surface area contributed by atoms with Gasteiger partial charge in [-0.3, -0.25) is 19.7 Å². The van der Waals surface area contributed by atoms with E-state index in [1.807, 2.05) is 0 Å². The lowest BCUT2D eigenvalue weighted by molar-refractivity contribution is -0.384. The van der Waals surface area contributed by atoms with Gasteiger partial charge in [-0.15, -0.1) is 22.9 Å². The highest BCUT2D eigenvalue weighted by atomic mass is 35.5. The summed E-state index contributed by atoms with van der Waals surface area (Å²) in [4.78, 5) is 53.3. The van der Waals surface area contributed by atoms with Crippen molar-refractivity contribution in [2.45, 2.75) is 6.61 Å². The van der Waals surface area contributed by atoms with E-state index in [1.165, 1.54) is 29.6 Å². The number of nitro groups is 1. The number of thiazole rings is 1. The van der Waals surface area contributed by atoms with E-state index < -0.39 is 28.6 Å². The fraction of sp³-hybridized carbons (Fsp3) is 0.188. The van der Waals surface area contributed by atoms with Crippen LogP contribution >= 0.6 is 34.5 Å². The number of nitrogens with one attached hydrogen (secondary N) is 1. The summed E-state index contributed by atoms with van der Waals surface area (Å²) in [7, 11) is 0. The molecule has 0 aliphatic carbocycles. The minimum atomic E-state index is -0.991. The monoisotopic (exact) mass is 474 g/mol. The maximum atomic E-state index is 11.7. The Kier molecular flexibility index (Phi) is 8.65. The van der Waals surface area contributed by atoms with Crippen molar-refractivity contribution in [3.63, 3.8) is 0 Å². The number of ether oxygens (including phenoxy) is 1. The molecule has 0 unspecified atom stereocenters. The van der Waals surface area contributed by atoms with Gasteiger partial charge in [0, 0.05) is 17.5 Å². The van der Waals surface area contributed by atoms with Crippen LogP contribution in [0.5, 0.6) is 0 Å². The van der Waals surface area contributed by atoms with Crippen molar-refractivity contribution in [1.82, 2.24) is 4.98 Å². The summed E-state index contributed by atoms with van der Waals surface area (Å²) >= 11 is 11.8. The molecule has 1 aromatic carbocycles. The van der Waals surface area contributed by atoms with Crippen molar-refractivity contribution < 1.29 is 28.9 Å². The summed E-state index contributed by atoms with van der Waals surface area (Å²) in [6.45, 7) is -0.762. The average molecular weight is 475 g/mol. The summed E-state index contributed by atoms with van der Waals surface area (Å²) in [6.07, 6.45) is 0. The number of alkyl halides is 1. The second-order valence-corrected chi connectivity index (χ2v) is 6.76. The molecule has 0 aliphatic rings. The van der Waals surface area contributed by atoms with Gasteiger partial charge in [0.25, 0.3) is 10.9 Å². The zero-order valence-electron chi connectivity index (χ0n) is 14.9. The highest BCUT2D eigenvalue weighted by Gasteiger charge is 2.18. The van der Waals surface area contributed by atoms with Crippen molar-refractivity contribution in [3.05, 3.63) is 51.0 Å². The Hall–Kier alpha value is -3.09. The molecular weight excluding hydrogens is 463 g/mol. The van der Waals surface area contributed by atoms with E-state index in [2.05, 4.69) is 15.5 Å². The molecule has 14 heteroatoms. The Morgan fingerprint density at radius 3 is 2.57 bits per heavy atom. The second-order valence-electron chi connectivity index (χ2n) is 5.29. The van der Waals surface area contributed by atoms with E-state index in [1.54, 1.807) is 0 Å². The number of halogens is 2. The number of non-ortho nitro benzene ring substituents is 1. The maximum absolute atomic E-state index is 11.7. The number of nitro benzene ring substituents is 1. The molecule has 0 spiro atoms. The van der Waals surface area contributed by atoms with Crippen molar-refractivity contribution >= 4 is 68.2 Å². The predicted molar refractivity (Wildman–Crippen MR) is 108 cm³/mol. The molecule has 1 heterocycles. The Morgan fingerprint density at radius 2 is 1.97 bits per heavy atom. The van der Waals surface area contributed by atoms with Crippen LogP contribution in [0.15, 0.2) is 34.8 Å². The third-order valence-corrected chi connectivity index (χ3v) is 4.37. The number of amides is 1. The summed E-state index contributed by atoms with van der Waals surface area (Å²) in [5.41, 5.74) is 0.100. The van der Waals surface area contributed by atoms with Gasteiger partial charge in [0.1, 0.15) is 18.2 Å². The van der Waals surface area contributed by atoms with Crippen LogP contribution in [0.25, 0.3) is 0 Å². The van der Waals surface area contributed by atoms with Crippen LogP contribution in [0.1, 0.15) is 11.3 Å². The maximum Gasteiger partial charge on any atom is 0.347 e. The molecule has 0 fully saturated rings. The van der Waals surface area contributed by atoms with Crippen molar-refractivity contribution in [2.75, 3.05) is 17.8 Å². The quantitative estimate of drug-likeness (QED) is 0.138. The van der Waals surface area contributed by atoms with Crippen LogP contribution < -0.4 is 5.32 Å². The zero-order chi connectivity index (χ0) is 22.1. The molecule has 0 saturated heterocycles. The standard InChI is InChI=1S/C16H12Cl2N4O7S/c17-5-12(23)20-16-19-11(8-30-16)14(15(18)25)21-29-7-13(24)28-6-9-1-3-10(4-2-9)22(26)27/h1-4,8H,5-7H2,(H,19,20,23)/b21-14+. The van der Waals surface area contributed by atoms with Crippen LogP contribution in [0.4, 0.5) is 10.8 Å². The molecule has 2 rings (SSSR count). The van der Waals surface area contributed by atoms with E-state index in [-0.39, 0.29) is 34.7 Å². The number of benzene rings is 1. The number of anilines is 1. The van der Waals surface area contributed by atoms with E-state index >= 15 is 0 Å². The lowest BCUT2D eigenvalue weighted by Crippen LogP contribution is -2.15. The van der Waals surface area contributed by atoms with Gasteiger partial charge in [0.15, 0.2) is 10.8 Å². The molecule has 30 heavy (non-hydrogen) atoms. The lowest BCUT2D eigenvalue weighted by atomic mass is 10.2. The largest absolute Gasteiger partial charge is 0.458 e. The van der Waals surface area contributed by atoms with E-state index in [0.29, 0.717) is 5.56 Å². The predicted octanol–water partition coefficient (Wildman–Crippen LogP) is 2.46. The fourth-order valence-corrected chi connectivity index (χ4v) is 2.75. The van der Waals surface area contributed by atoms with Crippen LogP contribution in [-0.2, 0) is 30.6 Å². The molecule has 0 bridgehead atoms. The lowest BCUT2D eigenvalue weighted by Gasteiger charge is -2.04. The third-order valence-electron chi connectivity index (χ3n) is 3.19. The minimum Gasteiger partial charge on any atom is -0.458 e. The number of carbonyl (C=O) groups excluding carboxylic acids is 3. The summed E-state index contributed by atoms with van der Waals surface area (Å²) in [6, 6.07) is 5.44. The molecule has 0 saturated carbocycles. The van der Waals surface area contributed by atoms with Gasteiger partial charge in [-0.05, 0) is 29.3 Å². The first-order chi connectivity index (χ1) is 14.3. The summed E-state index contributed by atoms with van der Waals surface area (Å²) in [5, 5.41) is 17.1. The average Bonchev–Trinajstić information content (AvgIpc) is 3.17. The topological polar surface area (TPSA) is 150 Å². The van der Waals surface area contributed by atoms with Gasteiger partial charge in [0.2, 0.25) is 12.5 Å². The third kappa shape index (κ3) is 7.06. The molecule has 11 nitrogen and oxygen atoms in total. The van der Waals surface area contributed by atoms with Gasteiger partial charge < -0.3 is 14.9 Å². The van der Waals surface area contributed by atoms with Crippen molar-refractivity contribution in [1.29, 1.82) is 0 Å². The molecule has 1 aromatic heterocycles. The number of nitrogens with zero attached hydrogens (tertiary/aromatic N) is 3. The number of rotatable bonds is 10. The normalized spacial score (nSPS) is 10.9. The fourth-order valence-electron chi connectivity index (χ4n) is 1.84. The molecule has 0 aliphatic heterocycles. The second kappa shape index (κ2) is 11.2. The molecule has 1 N–H and O–H groups in total. The van der Waals surface area contributed by atoms with Crippen molar-refractivity contribution in [3.8, 4) is 0 Å². The molecule has 158 valence electrons. The molecule has 0 atom stereocenters. The number of aromatic nitrogens is 1. The number of hydrogen-bond donors (Lipinski definition) is 1. The summed E-state index contributed by atoms with van der Waals surface area (Å²) in [5.74, 6) is -1.55. The molecule has 1 amide bonds. The van der Waals surface area contributed by atoms with Crippen molar-refractivity contribution in [2.24, 2.45) is 5.16 Å². The van der Waals surface area contributed by atoms with E-state index in [0.717, 1.165) is 11.3 Å². The first-order valence-electron chi connectivity index (χ1n) is 7.90. The Bertz CT molecular complexity index is 978. The smallest absolute Gasteiger partial charge is 0.347 e. The molecule has 0 radical (unpaired) electrons. The minimum absolute atomic E-state index is 0.0316. The number of oxime groups is 1. The van der Waals surface area contributed by atoms with Gasteiger partial charge in [-0.2, -0.15) is 0 Å². The van der Waals surface area contributed by atoms with Gasteiger partial charge >= 0.3 is 5.97 Å². The first-order valence-corrected chi connectivity index (χ1v) is 9.69. The van der Waals surface area contributed by atoms with Crippen LogP contribution in [0.2, 0.25) is 0 Å². The van der Waals surface area contributed by atoms with Gasteiger partial charge in [-0.1, -0.05) is 5.16 Å². The number of carbonyl (C=O) groups is 3. The van der Waals surface area contributed by atoms with Gasteiger partial charge in [-0.25, -0.2) is 9.78 Å². The number of esters is 1. The first kappa shape index (κ1) is 23.2. The number of hydrogen-bond acceptors (Lipinski definition) is 10. The Labute approximate surface area is 182 Å². The van der Waals surface area contributed by atoms with E-state index in [4.69, 9.17) is 32.8 Å². The SMILES string of the molecule is O=C(CCl)Nc1nc(/C(=N\OCC(=O)OCc2ccc([N+](=O)[O-])cc2)C(=O)Cl)cs1. The zero-order valence-corrected chi connectivity index (χ0v) is 17.2. The summed E-state index contributed by atoms with van der Waals surface area (Å²) < 4.78 is 4.94. The highest BCUT2D eigenvalue weighted by Crippen LogP contribution is 2.17. The Morgan fingerprint density at radius 1 is 1.27 bits per heavy atom. The van der Waals surface area contributed by atoms with Crippen LogP contribution in [0, 0.1) is 10.1 Å². The molecular formula is C16H12Cl2N4O7S. The van der Waals surface area contributed by atoms with Crippen LogP contribution in [0.3, 0.4) is 0 Å². The highest BCUT2D eigenvalue weighted by molar-refractivity contribution is 7.14. The van der Waals surface area contributed by atoms with E-state index in [9.17, 15) is 24.5 Å². The Balaban J connectivity index is 1.89. The van der Waals surface area contributed by atoms with Crippen LogP contribution in [-0.4, -0.2) is 45.2 Å². The van der Waals surface area contributed by atoms with Gasteiger partial charge in [0.05, 0.1) is 4.92 Å². The molecule has 2 aromatic rings.